The average Bonchev–Trinajstić information content (AvgIpc) is 2.59. The molecule has 1 fully saturated rings. The van der Waals surface area contributed by atoms with E-state index in [1.807, 2.05) is 18.2 Å². The van der Waals surface area contributed by atoms with Gasteiger partial charge in [0.1, 0.15) is 0 Å². The third kappa shape index (κ3) is 4.24. The monoisotopic (exact) mass is 255 g/mol. The van der Waals surface area contributed by atoms with E-state index in [4.69, 9.17) is 0 Å². The van der Waals surface area contributed by atoms with Crippen LogP contribution in [0.5, 0.6) is 0 Å². The number of allylic oxidation sites excluding steroid dienone is 2. The second-order valence-corrected chi connectivity index (χ2v) is 4.00. The van der Waals surface area contributed by atoms with E-state index in [1.165, 1.54) is 0 Å². The lowest BCUT2D eigenvalue weighted by atomic mass is 10.1. The van der Waals surface area contributed by atoms with E-state index in [0.717, 1.165) is 25.9 Å². The maximum absolute atomic E-state index is 11.9. The first-order chi connectivity index (χ1) is 7.86. The maximum atomic E-state index is 11.9. The molecule has 1 amide bonds. The number of amides is 1. The first-order valence-electron chi connectivity index (χ1n) is 5.67. The normalized spacial score (nSPS) is 22.8. The molecule has 4 nitrogen and oxygen atoms in total. The number of halogens is 1. The number of carbonyl (C=O) groups is 1. The van der Waals surface area contributed by atoms with Gasteiger partial charge in [0.15, 0.2) is 0 Å². The van der Waals surface area contributed by atoms with Crippen molar-refractivity contribution >= 4 is 18.3 Å². The molecule has 3 N–H and O–H groups in total. The highest BCUT2D eigenvalue weighted by atomic mass is 35.5. The van der Waals surface area contributed by atoms with Crippen LogP contribution < -0.4 is 16.0 Å². The van der Waals surface area contributed by atoms with Crippen LogP contribution in [0.15, 0.2) is 36.2 Å². The van der Waals surface area contributed by atoms with Gasteiger partial charge in [0.2, 0.25) is 0 Å². The number of nitrogens with one attached hydrogen (secondary N) is 3. The zero-order valence-corrected chi connectivity index (χ0v) is 10.4. The summed E-state index contributed by atoms with van der Waals surface area (Å²) in [7, 11) is 0. The SMILES string of the molecule is Cl.O=C(NC1CCCNC1)C1=CNC=CC=C1. The van der Waals surface area contributed by atoms with E-state index in [1.54, 1.807) is 12.4 Å². The lowest BCUT2D eigenvalue weighted by Crippen LogP contribution is -2.46. The fraction of sp³-hybridized carbons (Fsp3) is 0.417. The van der Waals surface area contributed by atoms with Gasteiger partial charge in [0.05, 0.1) is 5.57 Å². The number of hydrogen-bond acceptors (Lipinski definition) is 3. The summed E-state index contributed by atoms with van der Waals surface area (Å²) in [5.74, 6) is -0.0128. The van der Waals surface area contributed by atoms with Crippen LogP contribution in [0.25, 0.3) is 0 Å². The third-order valence-electron chi connectivity index (χ3n) is 2.71. The van der Waals surface area contributed by atoms with Crippen LogP contribution in [0.1, 0.15) is 12.8 Å². The van der Waals surface area contributed by atoms with Gasteiger partial charge in [-0.15, -0.1) is 12.4 Å². The van der Waals surface area contributed by atoms with Gasteiger partial charge in [0.25, 0.3) is 5.91 Å². The molecule has 0 radical (unpaired) electrons. The molecule has 0 bridgehead atoms. The maximum Gasteiger partial charge on any atom is 0.253 e. The smallest absolute Gasteiger partial charge is 0.253 e. The van der Waals surface area contributed by atoms with E-state index < -0.39 is 0 Å². The predicted molar refractivity (Wildman–Crippen MR) is 70.8 cm³/mol. The van der Waals surface area contributed by atoms with Crippen LogP contribution in [0.2, 0.25) is 0 Å². The van der Waals surface area contributed by atoms with Gasteiger partial charge >= 0.3 is 0 Å². The Morgan fingerprint density at radius 3 is 3.06 bits per heavy atom. The Bertz CT molecular complexity index is 344. The molecule has 0 aliphatic carbocycles. The highest BCUT2D eigenvalue weighted by molar-refractivity contribution is 5.96. The Morgan fingerprint density at radius 2 is 2.29 bits per heavy atom. The van der Waals surface area contributed by atoms with Crippen LogP contribution in [0, 0.1) is 0 Å². The summed E-state index contributed by atoms with van der Waals surface area (Å²) in [5, 5.41) is 9.24. The van der Waals surface area contributed by atoms with E-state index in [9.17, 15) is 4.79 Å². The molecule has 0 spiro atoms. The molecule has 2 heterocycles. The Morgan fingerprint density at radius 1 is 1.41 bits per heavy atom. The van der Waals surface area contributed by atoms with Gasteiger partial charge in [-0.05, 0) is 31.5 Å². The Balaban J connectivity index is 0.00000144. The molecular weight excluding hydrogens is 238 g/mol. The molecule has 1 saturated heterocycles. The van der Waals surface area contributed by atoms with E-state index in [2.05, 4.69) is 16.0 Å². The second kappa shape index (κ2) is 7.14. The first-order valence-corrected chi connectivity index (χ1v) is 5.67. The van der Waals surface area contributed by atoms with Crippen molar-refractivity contribution < 1.29 is 4.79 Å². The van der Waals surface area contributed by atoms with Crippen LogP contribution in [-0.2, 0) is 4.79 Å². The van der Waals surface area contributed by atoms with E-state index in [-0.39, 0.29) is 24.4 Å². The molecule has 2 aliphatic rings. The van der Waals surface area contributed by atoms with Gasteiger partial charge in [-0.3, -0.25) is 4.79 Å². The summed E-state index contributed by atoms with van der Waals surface area (Å²) in [6.07, 6.45) is 11.2. The zero-order valence-electron chi connectivity index (χ0n) is 9.61. The summed E-state index contributed by atoms with van der Waals surface area (Å²) >= 11 is 0. The molecule has 17 heavy (non-hydrogen) atoms. The van der Waals surface area contributed by atoms with Gasteiger partial charge in [-0.25, -0.2) is 0 Å². The van der Waals surface area contributed by atoms with Crippen molar-refractivity contribution in [2.24, 2.45) is 0 Å². The standard InChI is InChI=1S/C12H17N3O.ClH/c16-12(10-4-1-2-6-13-8-10)15-11-5-3-7-14-9-11;/h1-2,4,6,8,11,13-14H,3,5,7,9H2,(H,15,16);1H. The van der Waals surface area contributed by atoms with Crippen molar-refractivity contribution in [3.05, 3.63) is 36.2 Å². The third-order valence-corrected chi connectivity index (χ3v) is 2.71. The number of carbonyl (C=O) groups excluding carboxylic acids is 1. The quantitative estimate of drug-likeness (QED) is 0.685. The van der Waals surface area contributed by atoms with Gasteiger partial charge in [-0.2, -0.15) is 0 Å². The minimum Gasteiger partial charge on any atom is -0.367 e. The lowest BCUT2D eigenvalue weighted by Gasteiger charge is -2.23. The lowest BCUT2D eigenvalue weighted by molar-refractivity contribution is -0.118. The van der Waals surface area contributed by atoms with E-state index >= 15 is 0 Å². The predicted octanol–water partition coefficient (Wildman–Crippen LogP) is 0.833. The molecule has 5 heteroatoms. The molecule has 0 aromatic heterocycles. The van der Waals surface area contributed by atoms with Crippen LogP contribution in [0.4, 0.5) is 0 Å². The molecule has 2 rings (SSSR count). The number of rotatable bonds is 2. The van der Waals surface area contributed by atoms with Crippen LogP contribution >= 0.6 is 12.4 Å². The molecular formula is C12H18ClN3O. The molecule has 2 aliphatic heterocycles. The first kappa shape index (κ1) is 13.8. The highest BCUT2D eigenvalue weighted by Gasteiger charge is 2.16. The Labute approximate surface area is 108 Å². The number of hydrogen-bond donors (Lipinski definition) is 3. The van der Waals surface area contributed by atoms with Crippen molar-refractivity contribution in [3.8, 4) is 0 Å². The molecule has 94 valence electrons. The fourth-order valence-corrected chi connectivity index (χ4v) is 1.84. The zero-order chi connectivity index (χ0) is 11.2. The minimum absolute atomic E-state index is 0. The Kier molecular flexibility index (Phi) is 5.80. The van der Waals surface area contributed by atoms with Crippen molar-refractivity contribution in [1.29, 1.82) is 0 Å². The molecule has 1 atom stereocenters. The highest BCUT2D eigenvalue weighted by Crippen LogP contribution is 2.04. The largest absolute Gasteiger partial charge is 0.367 e. The second-order valence-electron chi connectivity index (χ2n) is 4.00. The van der Waals surface area contributed by atoms with Gasteiger partial charge in [0, 0.05) is 25.0 Å². The molecule has 0 saturated carbocycles. The van der Waals surface area contributed by atoms with Gasteiger partial charge in [-0.1, -0.05) is 6.08 Å². The minimum atomic E-state index is -0.0128. The average molecular weight is 256 g/mol. The molecule has 0 aromatic carbocycles. The summed E-state index contributed by atoms with van der Waals surface area (Å²) < 4.78 is 0. The summed E-state index contributed by atoms with van der Waals surface area (Å²) in [6.45, 7) is 1.93. The van der Waals surface area contributed by atoms with Crippen molar-refractivity contribution in [2.45, 2.75) is 18.9 Å². The number of piperidine rings is 1. The van der Waals surface area contributed by atoms with Crippen molar-refractivity contribution in [3.63, 3.8) is 0 Å². The summed E-state index contributed by atoms with van der Waals surface area (Å²) in [6, 6.07) is 0.256. The summed E-state index contributed by atoms with van der Waals surface area (Å²) in [4.78, 5) is 11.9. The molecule has 1 unspecified atom stereocenters. The van der Waals surface area contributed by atoms with Gasteiger partial charge < -0.3 is 16.0 Å². The molecule has 0 aromatic rings. The summed E-state index contributed by atoms with van der Waals surface area (Å²) in [5.41, 5.74) is 0.663. The van der Waals surface area contributed by atoms with Crippen LogP contribution in [0.3, 0.4) is 0 Å². The van der Waals surface area contributed by atoms with Crippen molar-refractivity contribution in [1.82, 2.24) is 16.0 Å². The van der Waals surface area contributed by atoms with E-state index in [0.29, 0.717) is 5.57 Å². The Hall–Kier alpha value is -1.26. The van der Waals surface area contributed by atoms with Crippen molar-refractivity contribution in [2.75, 3.05) is 13.1 Å². The fourth-order valence-electron chi connectivity index (χ4n) is 1.84. The topological polar surface area (TPSA) is 53.2 Å². The van der Waals surface area contributed by atoms with Crippen LogP contribution in [-0.4, -0.2) is 25.0 Å².